The van der Waals surface area contributed by atoms with Gasteiger partial charge < -0.3 is 20.3 Å². The number of hydrogen-bond donors (Lipinski definition) is 4. The van der Waals surface area contributed by atoms with Crippen molar-refractivity contribution in [2.45, 2.75) is 68.5 Å². The van der Waals surface area contributed by atoms with Crippen LogP contribution in [0.2, 0.25) is 0 Å². The van der Waals surface area contributed by atoms with Crippen molar-refractivity contribution >= 4 is 39.5 Å². The Morgan fingerprint density at radius 3 is 2.68 bits per heavy atom. The van der Waals surface area contributed by atoms with Crippen molar-refractivity contribution in [3.63, 3.8) is 0 Å². The second-order valence-electron chi connectivity index (χ2n) is 10.5. The van der Waals surface area contributed by atoms with Gasteiger partial charge in [0.05, 0.1) is 15.3 Å². The van der Waals surface area contributed by atoms with E-state index in [1.807, 2.05) is 17.5 Å². The summed E-state index contributed by atoms with van der Waals surface area (Å²) in [7, 11) is 2.20. The summed E-state index contributed by atoms with van der Waals surface area (Å²) in [5.74, 6) is -0.959. The number of hydrogen-bond acceptors (Lipinski definition) is 6. The number of aromatic nitrogens is 1. The normalized spacial score (nSPS) is 21.4. The molecule has 8 heteroatoms. The van der Waals surface area contributed by atoms with Gasteiger partial charge in [-0.25, -0.2) is 4.79 Å². The molecular weight excluding hydrogens is 516 g/mol. The van der Waals surface area contributed by atoms with Crippen LogP contribution in [0.5, 0.6) is 0 Å². The Bertz CT molecular complexity index is 1380. The SMILES string of the molecule is CCC(CCO)(c1c[nH]c2ccccc12)N(C)[C@@H]1CCC[C@@H](c2csc(C(O)(C(=O)O)c3cccs3)c2)C1. The minimum Gasteiger partial charge on any atom is -0.479 e. The van der Waals surface area contributed by atoms with Gasteiger partial charge in [-0.2, -0.15) is 0 Å². The lowest BCUT2D eigenvalue weighted by molar-refractivity contribution is -0.154. The quantitative estimate of drug-likeness (QED) is 0.186. The number of aliphatic hydroxyl groups excluding tert-OH is 1. The van der Waals surface area contributed by atoms with Gasteiger partial charge in [0.25, 0.3) is 0 Å². The Labute approximate surface area is 231 Å². The average Bonchev–Trinajstić information content (AvgIpc) is 3.72. The third kappa shape index (κ3) is 4.52. The number of nitrogens with zero attached hydrogens (tertiary/aromatic N) is 1. The van der Waals surface area contributed by atoms with E-state index in [2.05, 4.69) is 48.3 Å². The monoisotopic (exact) mass is 552 g/mol. The fourth-order valence-electron chi connectivity index (χ4n) is 6.50. The lowest BCUT2D eigenvalue weighted by Gasteiger charge is -2.48. The van der Waals surface area contributed by atoms with Gasteiger partial charge in [0.1, 0.15) is 0 Å². The van der Waals surface area contributed by atoms with Gasteiger partial charge in [-0.05, 0) is 85.2 Å². The molecule has 3 heterocycles. The van der Waals surface area contributed by atoms with Crippen molar-refractivity contribution < 1.29 is 20.1 Å². The van der Waals surface area contributed by atoms with Crippen LogP contribution >= 0.6 is 22.7 Å². The van der Waals surface area contributed by atoms with E-state index < -0.39 is 11.6 Å². The number of carboxylic acids is 1. The van der Waals surface area contributed by atoms with Crippen molar-refractivity contribution in [1.29, 1.82) is 0 Å². The summed E-state index contributed by atoms with van der Waals surface area (Å²) >= 11 is 2.59. The van der Waals surface area contributed by atoms with E-state index in [1.165, 1.54) is 33.6 Å². The number of carbonyl (C=O) groups is 1. The molecule has 0 aliphatic heterocycles. The second-order valence-corrected chi connectivity index (χ2v) is 12.3. The number of rotatable bonds is 10. The van der Waals surface area contributed by atoms with Crippen molar-refractivity contribution in [3.8, 4) is 0 Å². The Morgan fingerprint density at radius 2 is 1.97 bits per heavy atom. The number of aliphatic hydroxyl groups is 2. The molecule has 4 aromatic rings. The number of fused-ring (bicyclic) bond motifs is 1. The summed E-state index contributed by atoms with van der Waals surface area (Å²) in [6.45, 7) is 2.31. The average molecular weight is 553 g/mol. The van der Waals surface area contributed by atoms with Crippen LogP contribution in [-0.2, 0) is 15.9 Å². The number of benzene rings is 1. The maximum Gasteiger partial charge on any atom is 0.346 e. The topological polar surface area (TPSA) is 96.8 Å². The molecule has 202 valence electrons. The first-order chi connectivity index (χ1) is 18.3. The van der Waals surface area contributed by atoms with E-state index in [0.29, 0.717) is 22.2 Å². The van der Waals surface area contributed by atoms with Crippen LogP contribution in [0, 0.1) is 0 Å². The molecule has 4 N–H and O–H groups in total. The summed E-state index contributed by atoms with van der Waals surface area (Å²) in [5.41, 5.74) is 1.13. The van der Waals surface area contributed by atoms with E-state index in [1.54, 1.807) is 17.5 Å². The van der Waals surface area contributed by atoms with Gasteiger partial charge in [-0.3, -0.25) is 4.90 Å². The van der Waals surface area contributed by atoms with Crippen molar-refractivity contribution in [3.05, 3.63) is 80.3 Å². The van der Waals surface area contributed by atoms with Gasteiger partial charge in [0, 0.05) is 29.7 Å². The minimum absolute atomic E-state index is 0.109. The van der Waals surface area contributed by atoms with Gasteiger partial charge in [-0.15, -0.1) is 22.7 Å². The summed E-state index contributed by atoms with van der Waals surface area (Å²) in [4.78, 5) is 19.0. The van der Waals surface area contributed by atoms with Crippen LogP contribution in [0.15, 0.2) is 59.4 Å². The fraction of sp³-hybridized carbons (Fsp3) is 0.433. The van der Waals surface area contributed by atoms with E-state index in [4.69, 9.17) is 0 Å². The number of thiophene rings is 2. The first-order valence-electron chi connectivity index (χ1n) is 13.3. The molecule has 0 spiro atoms. The molecular formula is C30H36N2O4S2. The molecule has 1 aliphatic rings. The van der Waals surface area contributed by atoms with E-state index in [9.17, 15) is 20.1 Å². The molecule has 2 unspecified atom stereocenters. The number of aliphatic carboxylic acids is 1. The van der Waals surface area contributed by atoms with Crippen LogP contribution in [0.3, 0.4) is 0 Å². The van der Waals surface area contributed by atoms with Crippen molar-refractivity contribution in [1.82, 2.24) is 9.88 Å². The van der Waals surface area contributed by atoms with E-state index in [0.717, 1.165) is 43.2 Å². The Morgan fingerprint density at radius 1 is 1.16 bits per heavy atom. The zero-order valence-electron chi connectivity index (χ0n) is 21.9. The largest absolute Gasteiger partial charge is 0.479 e. The van der Waals surface area contributed by atoms with Gasteiger partial charge in [0.15, 0.2) is 0 Å². The van der Waals surface area contributed by atoms with Gasteiger partial charge in [0.2, 0.25) is 5.60 Å². The number of nitrogens with one attached hydrogen (secondary N) is 1. The van der Waals surface area contributed by atoms with Crippen LogP contribution in [0.1, 0.15) is 72.2 Å². The molecule has 4 atom stereocenters. The number of H-pyrrole nitrogens is 1. The molecule has 5 rings (SSSR count). The maximum absolute atomic E-state index is 12.2. The summed E-state index contributed by atoms with van der Waals surface area (Å²) < 4.78 is 0. The van der Waals surface area contributed by atoms with Crippen LogP contribution in [0.4, 0.5) is 0 Å². The highest BCUT2D eigenvalue weighted by molar-refractivity contribution is 7.12. The van der Waals surface area contributed by atoms with Crippen molar-refractivity contribution in [2.24, 2.45) is 0 Å². The molecule has 38 heavy (non-hydrogen) atoms. The van der Waals surface area contributed by atoms with Gasteiger partial charge in [-0.1, -0.05) is 37.6 Å². The van der Waals surface area contributed by atoms with Gasteiger partial charge >= 0.3 is 5.97 Å². The third-order valence-electron chi connectivity index (χ3n) is 8.71. The highest BCUT2D eigenvalue weighted by Gasteiger charge is 2.44. The predicted molar refractivity (Wildman–Crippen MR) is 154 cm³/mol. The van der Waals surface area contributed by atoms with E-state index >= 15 is 0 Å². The molecule has 1 aliphatic carbocycles. The smallest absolute Gasteiger partial charge is 0.346 e. The fourth-order valence-corrected chi connectivity index (χ4v) is 8.49. The summed E-state index contributed by atoms with van der Waals surface area (Å²) in [6.07, 6.45) is 7.78. The van der Waals surface area contributed by atoms with E-state index in [-0.39, 0.29) is 18.1 Å². The zero-order valence-corrected chi connectivity index (χ0v) is 23.5. The standard InChI is InChI=1S/C30H36N2O4S2/c1-3-29(13-14-33,24-18-31-25-11-5-4-10-23(24)25)32(2)22-9-6-8-20(16-22)21-17-27(38-19-21)30(36,28(34)35)26-12-7-15-37-26/h4-5,7,10-12,15,17-20,22,31,33,36H,3,6,8-9,13-14,16H2,1-2H3,(H,34,35)/t20-,22-,29?,30?/m1/s1. The second kappa shape index (κ2) is 10.9. The Balaban J connectivity index is 1.43. The molecule has 0 saturated heterocycles. The highest BCUT2D eigenvalue weighted by Crippen LogP contribution is 2.46. The number of carboxylic acid groups (broad SMARTS) is 1. The molecule has 1 saturated carbocycles. The maximum atomic E-state index is 12.2. The molecule has 6 nitrogen and oxygen atoms in total. The van der Waals surface area contributed by atoms with Crippen LogP contribution in [-0.4, -0.2) is 50.9 Å². The molecule has 1 aromatic carbocycles. The highest BCUT2D eigenvalue weighted by atomic mass is 32.1. The molecule has 0 amide bonds. The first-order valence-corrected chi connectivity index (χ1v) is 15.1. The molecule has 1 fully saturated rings. The zero-order chi connectivity index (χ0) is 26.9. The first kappa shape index (κ1) is 27.1. The number of aromatic amines is 1. The van der Waals surface area contributed by atoms with Crippen LogP contribution in [0.25, 0.3) is 10.9 Å². The van der Waals surface area contributed by atoms with Crippen LogP contribution < -0.4 is 0 Å². The molecule has 0 radical (unpaired) electrons. The summed E-state index contributed by atoms with van der Waals surface area (Å²) in [6, 6.07) is 14.0. The summed E-state index contributed by atoms with van der Waals surface area (Å²) in [5, 5.41) is 36.4. The minimum atomic E-state index is -2.02. The predicted octanol–water partition coefficient (Wildman–Crippen LogP) is 6.26. The van der Waals surface area contributed by atoms with Crippen molar-refractivity contribution in [2.75, 3.05) is 13.7 Å². The third-order valence-corrected chi connectivity index (χ3v) is 10.7. The molecule has 3 aromatic heterocycles. The molecule has 0 bridgehead atoms. The Kier molecular flexibility index (Phi) is 7.80. The lowest BCUT2D eigenvalue weighted by atomic mass is 9.76. The lowest BCUT2D eigenvalue weighted by Crippen LogP contribution is -2.50. The number of para-hydroxylation sites is 1. The Hall–Kier alpha value is -2.49.